The lowest BCUT2D eigenvalue weighted by Gasteiger charge is -2.36. The van der Waals surface area contributed by atoms with Gasteiger partial charge in [0.2, 0.25) is 0 Å². The Balaban J connectivity index is 1.84. The molecule has 18 heavy (non-hydrogen) atoms. The fraction of sp³-hybridized carbons (Fsp3) is 0.647. The second-order valence-corrected chi connectivity index (χ2v) is 11.6. The lowest BCUT2D eigenvalue weighted by molar-refractivity contribution is 0.594. The van der Waals surface area contributed by atoms with E-state index in [1.54, 1.807) is 23.7 Å². The van der Waals surface area contributed by atoms with E-state index >= 15 is 0 Å². The molecule has 0 N–H and O–H groups in total. The average molecular weight is 260 g/mol. The molecule has 0 aromatic heterocycles. The molecule has 1 aromatic rings. The van der Waals surface area contributed by atoms with Crippen molar-refractivity contribution in [1.82, 2.24) is 0 Å². The highest BCUT2D eigenvalue weighted by molar-refractivity contribution is 6.78. The second-order valence-electron chi connectivity index (χ2n) is 6.45. The zero-order chi connectivity index (χ0) is 12.8. The molecule has 1 aliphatic heterocycles. The third-order valence-corrected chi connectivity index (χ3v) is 9.40. The van der Waals surface area contributed by atoms with Gasteiger partial charge in [-0.3, -0.25) is 0 Å². The van der Waals surface area contributed by atoms with Gasteiger partial charge in [0.1, 0.15) is 0 Å². The van der Waals surface area contributed by atoms with Gasteiger partial charge in [-0.05, 0) is 24.3 Å². The maximum Gasteiger partial charge on any atom is 0.0505 e. The van der Waals surface area contributed by atoms with Crippen LogP contribution in [0.4, 0.5) is 0 Å². The molecule has 1 heterocycles. The maximum absolute atomic E-state index is 2.66. The fourth-order valence-corrected chi connectivity index (χ4v) is 7.37. The van der Waals surface area contributed by atoms with Crippen molar-refractivity contribution < 1.29 is 0 Å². The number of rotatable bonds is 5. The van der Waals surface area contributed by atoms with Crippen LogP contribution in [0.3, 0.4) is 0 Å². The highest BCUT2D eigenvalue weighted by Gasteiger charge is 2.32. The van der Waals surface area contributed by atoms with E-state index in [9.17, 15) is 0 Å². The van der Waals surface area contributed by atoms with E-state index in [-0.39, 0.29) is 0 Å². The first kappa shape index (κ1) is 13.9. The van der Waals surface area contributed by atoms with Gasteiger partial charge in [-0.1, -0.05) is 81.2 Å². The van der Waals surface area contributed by atoms with E-state index in [1.807, 2.05) is 0 Å². The minimum atomic E-state index is -0.849. The van der Waals surface area contributed by atoms with Crippen molar-refractivity contribution in [2.75, 3.05) is 0 Å². The van der Waals surface area contributed by atoms with Crippen molar-refractivity contribution in [3.63, 3.8) is 0 Å². The minimum Gasteiger partial charge on any atom is -0.0691 e. The van der Waals surface area contributed by atoms with E-state index in [1.165, 1.54) is 32.1 Å². The quantitative estimate of drug-likeness (QED) is 0.461. The Bertz CT molecular complexity index is 336. The van der Waals surface area contributed by atoms with E-state index in [4.69, 9.17) is 0 Å². The van der Waals surface area contributed by atoms with Crippen LogP contribution in [-0.2, 0) is 0 Å². The molecule has 0 radical (unpaired) electrons. The van der Waals surface area contributed by atoms with Gasteiger partial charge >= 0.3 is 0 Å². The lowest BCUT2D eigenvalue weighted by Crippen LogP contribution is -2.34. The van der Waals surface area contributed by atoms with Crippen molar-refractivity contribution in [3.05, 3.63) is 35.9 Å². The molecule has 1 heteroatoms. The first-order valence-corrected chi connectivity index (χ1v) is 10.9. The van der Waals surface area contributed by atoms with Crippen LogP contribution in [0.2, 0.25) is 24.7 Å². The number of hydrogen-bond acceptors (Lipinski definition) is 0. The minimum absolute atomic E-state index is 0.849. The monoisotopic (exact) mass is 260 g/mol. The van der Waals surface area contributed by atoms with Crippen LogP contribution >= 0.6 is 0 Å². The molecule has 0 saturated carbocycles. The molecule has 0 spiro atoms. The van der Waals surface area contributed by atoms with Crippen molar-refractivity contribution in [2.24, 2.45) is 0 Å². The van der Waals surface area contributed by atoms with Crippen molar-refractivity contribution in [1.29, 1.82) is 0 Å². The van der Waals surface area contributed by atoms with Crippen LogP contribution in [0.25, 0.3) is 0 Å². The Morgan fingerprint density at radius 3 is 2.33 bits per heavy atom. The molecule has 1 fully saturated rings. The molecule has 2 rings (SSSR count). The zero-order valence-corrected chi connectivity index (χ0v) is 13.1. The van der Waals surface area contributed by atoms with Crippen LogP contribution in [-0.4, -0.2) is 8.07 Å². The molecule has 0 amide bonds. The Hall–Kier alpha value is -0.563. The molecule has 1 aromatic carbocycles. The number of benzene rings is 1. The van der Waals surface area contributed by atoms with Crippen molar-refractivity contribution in [3.8, 4) is 0 Å². The summed E-state index contributed by atoms with van der Waals surface area (Å²) in [4.78, 5) is 0. The predicted octanol–water partition coefficient (Wildman–Crippen LogP) is 5.83. The van der Waals surface area contributed by atoms with Gasteiger partial charge in [0.05, 0.1) is 8.07 Å². The largest absolute Gasteiger partial charge is 0.0691 e. The SMILES string of the molecule is CCCCC[Si]1(C)CCC(c2ccccc2)CC1. The van der Waals surface area contributed by atoms with E-state index < -0.39 is 8.07 Å². The first-order chi connectivity index (χ1) is 8.73. The molecule has 0 unspecified atom stereocenters. The van der Waals surface area contributed by atoms with Crippen LogP contribution in [0.15, 0.2) is 30.3 Å². The molecular formula is C17H28Si. The Morgan fingerprint density at radius 1 is 1.06 bits per heavy atom. The summed E-state index contributed by atoms with van der Waals surface area (Å²) in [6.07, 6.45) is 7.23. The molecule has 100 valence electrons. The molecule has 1 aliphatic rings. The standard InChI is InChI=1S/C17H28Si/c1-3-4-8-13-18(2)14-11-17(12-15-18)16-9-6-5-7-10-16/h5-7,9-10,17H,3-4,8,11-15H2,1-2H3. The lowest BCUT2D eigenvalue weighted by atomic mass is 9.94. The summed E-state index contributed by atoms with van der Waals surface area (Å²) < 4.78 is 0. The summed E-state index contributed by atoms with van der Waals surface area (Å²) in [5.41, 5.74) is 1.59. The van der Waals surface area contributed by atoms with Crippen LogP contribution < -0.4 is 0 Å². The molecule has 0 atom stereocenters. The maximum atomic E-state index is 2.66. The smallest absolute Gasteiger partial charge is 0.0505 e. The predicted molar refractivity (Wildman–Crippen MR) is 84.0 cm³/mol. The third kappa shape index (κ3) is 3.71. The number of hydrogen-bond donors (Lipinski definition) is 0. The van der Waals surface area contributed by atoms with Crippen molar-refractivity contribution in [2.45, 2.75) is 69.6 Å². The van der Waals surface area contributed by atoms with Gasteiger partial charge in [-0.25, -0.2) is 0 Å². The van der Waals surface area contributed by atoms with Gasteiger partial charge in [0.25, 0.3) is 0 Å². The normalized spacial score (nSPS) is 28.2. The van der Waals surface area contributed by atoms with Crippen LogP contribution in [0, 0.1) is 0 Å². The van der Waals surface area contributed by atoms with Gasteiger partial charge in [-0.15, -0.1) is 0 Å². The van der Waals surface area contributed by atoms with Crippen LogP contribution in [0.1, 0.15) is 50.5 Å². The van der Waals surface area contributed by atoms with Gasteiger partial charge in [-0.2, -0.15) is 0 Å². The van der Waals surface area contributed by atoms with Crippen molar-refractivity contribution >= 4 is 8.07 Å². The zero-order valence-electron chi connectivity index (χ0n) is 12.1. The summed E-state index contributed by atoms with van der Waals surface area (Å²) in [7, 11) is -0.849. The van der Waals surface area contributed by atoms with E-state index in [0.29, 0.717) is 0 Å². The Morgan fingerprint density at radius 2 is 1.72 bits per heavy atom. The third-order valence-electron chi connectivity index (χ3n) is 4.85. The molecule has 1 saturated heterocycles. The summed E-state index contributed by atoms with van der Waals surface area (Å²) >= 11 is 0. The summed E-state index contributed by atoms with van der Waals surface area (Å²) in [6.45, 7) is 4.97. The topological polar surface area (TPSA) is 0 Å². The fourth-order valence-electron chi connectivity index (χ4n) is 3.43. The summed E-state index contributed by atoms with van der Waals surface area (Å²) in [5, 5.41) is 0. The van der Waals surface area contributed by atoms with Gasteiger partial charge in [0.15, 0.2) is 0 Å². The molecule has 0 aliphatic carbocycles. The second kappa shape index (κ2) is 6.56. The van der Waals surface area contributed by atoms with Gasteiger partial charge < -0.3 is 0 Å². The highest BCUT2D eigenvalue weighted by atomic mass is 28.3. The van der Waals surface area contributed by atoms with E-state index in [0.717, 1.165) is 5.92 Å². The summed E-state index contributed by atoms with van der Waals surface area (Å²) in [5.74, 6) is 0.859. The van der Waals surface area contributed by atoms with E-state index in [2.05, 4.69) is 43.8 Å². The molecule has 0 nitrogen and oxygen atoms in total. The van der Waals surface area contributed by atoms with Crippen LogP contribution in [0.5, 0.6) is 0 Å². The summed E-state index contributed by atoms with van der Waals surface area (Å²) in [6, 6.07) is 15.9. The Labute approximate surface area is 114 Å². The Kier molecular flexibility index (Phi) is 5.05. The van der Waals surface area contributed by atoms with Gasteiger partial charge in [0, 0.05) is 0 Å². The number of unbranched alkanes of at least 4 members (excludes halogenated alkanes) is 2. The highest BCUT2D eigenvalue weighted by Crippen LogP contribution is 2.40. The molecule has 0 bridgehead atoms. The average Bonchev–Trinajstić information content (AvgIpc) is 2.41. The molecular weight excluding hydrogens is 232 g/mol. The first-order valence-electron chi connectivity index (χ1n) is 7.78.